The molecule has 3 rings (SSSR count). The number of alkyl halides is 2. The van der Waals surface area contributed by atoms with Gasteiger partial charge in [0.05, 0.1) is 6.10 Å². The van der Waals surface area contributed by atoms with E-state index < -0.39 is 6.61 Å². The lowest BCUT2D eigenvalue weighted by Crippen LogP contribution is -2.51. The molecule has 122 valence electrons. The van der Waals surface area contributed by atoms with Crippen LogP contribution in [-0.2, 0) is 17.8 Å². The average Bonchev–Trinajstić information content (AvgIpc) is 2.53. The van der Waals surface area contributed by atoms with Crippen molar-refractivity contribution in [1.82, 2.24) is 4.90 Å². The molecule has 2 atom stereocenters. The van der Waals surface area contributed by atoms with Crippen LogP contribution in [0.4, 0.5) is 8.78 Å². The zero-order valence-electron chi connectivity index (χ0n) is 12.9. The molecule has 0 saturated heterocycles. The summed E-state index contributed by atoms with van der Waals surface area (Å²) in [6.07, 6.45) is 1.23. The van der Waals surface area contributed by atoms with Gasteiger partial charge < -0.3 is 4.74 Å². The fraction of sp³-hybridized carbons (Fsp3) is 0.368. The molecule has 2 aromatic carbocycles. The summed E-state index contributed by atoms with van der Waals surface area (Å²) in [5.74, 6) is 0. The van der Waals surface area contributed by atoms with Gasteiger partial charge in [0.1, 0.15) is 0 Å². The van der Waals surface area contributed by atoms with Crippen molar-refractivity contribution in [2.75, 3.05) is 0 Å². The average molecular weight is 317 g/mol. The first-order chi connectivity index (χ1) is 11.2. The van der Waals surface area contributed by atoms with Gasteiger partial charge in [-0.15, -0.1) is 0 Å². The second kappa shape index (κ2) is 7.66. The normalized spacial score (nSPS) is 20.7. The van der Waals surface area contributed by atoms with Gasteiger partial charge in [0.25, 0.3) is 0 Å². The summed E-state index contributed by atoms with van der Waals surface area (Å²) in [4.78, 5) is 2.25. The number of hydrogen-bond acceptors (Lipinski definition) is 2. The van der Waals surface area contributed by atoms with Crippen LogP contribution >= 0.6 is 0 Å². The van der Waals surface area contributed by atoms with Crippen LogP contribution in [0, 0.1) is 0 Å². The molecule has 0 unspecified atom stereocenters. The third-order valence-electron chi connectivity index (χ3n) is 4.38. The molecule has 1 aliphatic carbocycles. The molecule has 0 N–H and O–H groups in total. The van der Waals surface area contributed by atoms with Crippen LogP contribution < -0.4 is 0 Å². The van der Waals surface area contributed by atoms with Gasteiger partial charge >= 0.3 is 6.61 Å². The van der Waals surface area contributed by atoms with Crippen LogP contribution in [0.1, 0.15) is 24.0 Å². The summed E-state index contributed by atoms with van der Waals surface area (Å²) in [7, 11) is 0. The molecule has 1 saturated carbocycles. The highest BCUT2D eigenvalue weighted by Gasteiger charge is 2.38. The lowest BCUT2D eigenvalue weighted by molar-refractivity contribution is -0.204. The largest absolute Gasteiger partial charge is 0.345 e. The van der Waals surface area contributed by atoms with E-state index in [1.807, 2.05) is 36.4 Å². The second-order valence-corrected chi connectivity index (χ2v) is 5.96. The molecule has 0 heterocycles. The smallest absolute Gasteiger partial charge is 0.318 e. The number of halogens is 2. The maximum Gasteiger partial charge on any atom is 0.345 e. The summed E-state index contributed by atoms with van der Waals surface area (Å²) < 4.78 is 29.9. The Morgan fingerprint density at radius 3 is 1.78 bits per heavy atom. The SMILES string of the molecule is FC(F)O[C@@H]1CC[C@H]1N(Cc1ccccc1)Cc1ccccc1. The van der Waals surface area contributed by atoms with Crippen LogP contribution in [-0.4, -0.2) is 23.7 Å². The van der Waals surface area contributed by atoms with Gasteiger partial charge in [-0.05, 0) is 24.0 Å². The molecule has 4 heteroatoms. The first kappa shape index (κ1) is 16.1. The lowest BCUT2D eigenvalue weighted by Gasteiger charge is -2.44. The van der Waals surface area contributed by atoms with Gasteiger partial charge in [0.15, 0.2) is 0 Å². The van der Waals surface area contributed by atoms with Crippen molar-refractivity contribution in [3.8, 4) is 0 Å². The Morgan fingerprint density at radius 2 is 1.39 bits per heavy atom. The molecule has 0 aromatic heterocycles. The Morgan fingerprint density at radius 1 is 0.870 bits per heavy atom. The first-order valence-corrected chi connectivity index (χ1v) is 7.98. The Bertz CT molecular complexity index is 549. The van der Waals surface area contributed by atoms with E-state index in [1.54, 1.807) is 0 Å². The van der Waals surface area contributed by atoms with Crippen molar-refractivity contribution in [2.24, 2.45) is 0 Å². The van der Waals surface area contributed by atoms with Gasteiger partial charge in [-0.3, -0.25) is 4.90 Å². The van der Waals surface area contributed by atoms with E-state index in [2.05, 4.69) is 29.2 Å². The summed E-state index contributed by atoms with van der Waals surface area (Å²) in [6, 6.07) is 20.3. The molecule has 0 aliphatic heterocycles. The fourth-order valence-electron chi connectivity index (χ4n) is 3.09. The van der Waals surface area contributed by atoms with Gasteiger partial charge in [-0.2, -0.15) is 8.78 Å². The zero-order chi connectivity index (χ0) is 16.1. The summed E-state index contributed by atoms with van der Waals surface area (Å²) in [6.45, 7) is -1.22. The quantitative estimate of drug-likeness (QED) is 0.747. The van der Waals surface area contributed by atoms with E-state index in [-0.39, 0.29) is 12.1 Å². The highest BCUT2D eigenvalue weighted by atomic mass is 19.3. The van der Waals surface area contributed by atoms with E-state index in [0.29, 0.717) is 6.42 Å². The molecule has 0 radical (unpaired) electrons. The number of rotatable bonds is 7. The van der Waals surface area contributed by atoms with Crippen LogP contribution in [0.25, 0.3) is 0 Å². The Labute approximate surface area is 135 Å². The van der Waals surface area contributed by atoms with Crippen molar-refractivity contribution in [1.29, 1.82) is 0 Å². The molecule has 0 spiro atoms. The minimum atomic E-state index is -2.70. The third kappa shape index (κ3) is 4.36. The molecule has 1 aliphatic rings. The van der Waals surface area contributed by atoms with Gasteiger partial charge in [-0.25, -0.2) is 0 Å². The van der Waals surface area contributed by atoms with E-state index in [4.69, 9.17) is 4.74 Å². The first-order valence-electron chi connectivity index (χ1n) is 7.98. The van der Waals surface area contributed by atoms with E-state index >= 15 is 0 Å². The van der Waals surface area contributed by atoms with Gasteiger partial charge in [-0.1, -0.05) is 60.7 Å². The maximum atomic E-state index is 12.6. The van der Waals surface area contributed by atoms with Crippen molar-refractivity contribution in [3.63, 3.8) is 0 Å². The molecule has 23 heavy (non-hydrogen) atoms. The monoisotopic (exact) mass is 317 g/mol. The lowest BCUT2D eigenvalue weighted by atomic mass is 9.87. The van der Waals surface area contributed by atoms with Crippen LogP contribution in [0.2, 0.25) is 0 Å². The Balaban J connectivity index is 1.73. The molecular weight excluding hydrogens is 296 g/mol. The summed E-state index contributed by atoms with van der Waals surface area (Å²) in [5, 5.41) is 0. The highest BCUT2D eigenvalue weighted by molar-refractivity contribution is 5.18. The summed E-state index contributed by atoms with van der Waals surface area (Å²) in [5.41, 5.74) is 2.37. The van der Waals surface area contributed by atoms with Crippen molar-refractivity contribution in [3.05, 3.63) is 71.8 Å². The molecular formula is C19H21F2NO. The van der Waals surface area contributed by atoms with E-state index in [1.165, 1.54) is 11.1 Å². The minimum absolute atomic E-state index is 0.0458. The predicted octanol–water partition coefficient (Wildman–Crippen LogP) is 4.46. The maximum absolute atomic E-state index is 12.6. The van der Waals surface area contributed by atoms with Crippen molar-refractivity contribution in [2.45, 2.75) is 44.7 Å². The van der Waals surface area contributed by atoms with E-state index in [0.717, 1.165) is 19.5 Å². The predicted molar refractivity (Wildman–Crippen MR) is 86.0 cm³/mol. The molecule has 1 fully saturated rings. The van der Waals surface area contributed by atoms with Crippen molar-refractivity contribution < 1.29 is 13.5 Å². The van der Waals surface area contributed by atoms with Gasteiger partial charge in [0.2, 0.25) is 0 Å². The van der Waals surface area contributed by atoms with Crippen molar-refractivity contribution >= 4 is 0 Å². The Hall–Kier alpha value is -1.78. The molecule has 0 amide bonds. The zero-order valence-corrected chi connectivity index (χ0v) is 12.9. The van der Waals surface area contributed by atoms with Crippen LogP contribution in [0.3, 0.4) is 0 Å². The molecule has 2 aromatic rings. The third-order valence-corrected chi connectivity index (χ3v) is 4.38. The topological polar surface area (TPSA) is 12.5 Å². The molecule has 0 bridgehead atoms. The van der Waals surface area contributed by atoms with E-state index in [9.17, 15) is 8.78 Å². The number of ether oxygens (including phenoxy) is 1. The van der Waals surface area contributed by atoms with Crippen LogP contribution in [0.15, 0.2) is 60.7 Å². The van der Waals surface area contributed by atoms with Crippen LogP contribution in [0.5, 0.6) is 0 Å². The molecule has 2 nitrogen and oxygen atoms in total. The van der Waals surface area contributed by atoms with Gasteiger partial charge in [0, 0.05) is 19.1 Å². The minimum Gasteiger partial charge on any atom is -0.318 e. The summed E-state index contributed by atoms with van der Waals surface area (Å²) >= 11 is 0. The highest BCUT2D eigenvalue weighted by Crippen LogP contribution is 2.32. The Kier molecular flexibility index (Phi) is 5.36. The second-order valence-electron chi connectivity index (χ2n) is 5.96. The fourth-order valence-corrected chi connectivity index (χ4v) is 3.09. The standard InChI is InChI=1S/C19H21F2NO/c20-19(21)23-18-12-11-17(18)22(13-15-7-3-1-4-8-15)14-16-9-5-2-6-10-16/h1-10,17-19H,11-14H2/t17-,18-/m1/s1. The number of benzene rings is 2. The number of hydrogen-bond donors (Lipinski definition) is 0. The number of nitrogens with zero attached hydrogens (tertiary/aromatic N) is 1.